The van der Waals surface area contributed by atoms with Crippen LogP contribution in [0.15, 0.2) is 35.4 Å². The van der Waals surface area contributed by atoms with Crippen molar-refractivity contribution in [2.75, 3.05) is 21.0 Å². The van der Waals surface area contributed by atoms with E-state index in [1.54, 1.807) is 6.07 Å². The van der Waals surface area contributed by atoms with Crippen molar-refractivity contribution in [3.8, 4) is 11.6 Å². The highest BCUT2D eigenvalue weighted by Gasteiger charge is 2.44. The summed E-state index contributed by atoms with van der Waals surface area (Å²) in [7, 11) is -1.38. The molecule has 1 aliphatic rings. The first-order chi connectivity index (χ1) is 13.7. The topological polar surface area (TPSA) is 112 Å². The number of amides is 1. The molecule has 3 rings (SSSR count). The lowest BCUT2D eigenvalue weighted by molar-refractivity contribution is 0.0357. The van der Waals surface area contributed by atoms with E-state index < -0.39 is 28.6 Å². The van der Waals surface area contributed by atoms with Gasteiger partial charge in [0, 0.05) is 18.3 Å². The lowest BCUT2D eigenvalue weighted by Crippen LogP contribution is -2.33. The summed E-state index contributed by atoms with van der Waals surface area (Å²) in [6.07, 6.45) is 1.35. The van der Waals surface area contributed by atoms with Gasteiger partial charge >= 0.3 is 5.97 Å². The maximum Gasteiger partial charge on any atom is 0.340 e. The van der Waals surface area contributed by atoms with Crippen LogP contribution in [0.25, 0.3) is 0 Å². The van der Waals surface area contributed by atoms with Crippen molar-refractivity contribution in [2.24, 2.45) is 0 Å². The highest BCUT2D eigenvalue weighted by molar-refractivity contribution is 7.90. The van der Waals surface area contributed by atoms with Gasteiger partial charge in [-0.2, -0.15) is 4.31 Å². The van der Waals surface area contributed by atoms with Crippen molar-refractivity contribution in [2.45, 2.75) is 24.7 Å². The zero-order chi connectivity index (χ0) is 21.3. The minimum Gasteiger partial charge on any atom is -0.497 e. The number of fused-ring (bicyclic) bond motifs is 1. The van der Waals surface area contributed by atoms with E-state index >= 15 is 0 Å². The molecule has 0 spiro atoms. The van der Waals surface area contributed by atoms with Crippen LogP contribution in [0, 0.1) is 0 Å². The molecule has 0 unspecified atom stereocenters. The minimum absolute atomic E-state index is 0.0717. The highest BCUT2D eigenvalue weighted by Crippen LogP contribution is 2.38. The first kappa shape index (κ1) is 20.6. The van der Waals surface area contributed by atoms with Crippen LogP contribution in [-0.2, 0) is 14.8 Å². The van der Waals surface area contributed by atoms with E-state index in [-0.39, 0.29) is 27.8 Å². The van der Waals surface area contributed by atoms with E-state index in [4.69, 9.17) is 14.2 Å². The molecule has 0 fully saturated rings. The van der Waals surface area contributed by atoms with E-state index in [9.17, 15) is 18.0 Å². The molecule has 0 radical (unpaired) electrons. The van der Waals surface area contributed by atoms with Crippen molar-refractivity contribution < 1.29 is 32.2 Å². The van der Waals surface area contributed by atoms with Crippen LogP contribution < -0.4 is 9.47 Å². The van der Waals surface area contributed by atoms with E-state index in [1.807, 2.05) is 13.8 Å². The number of rotatable bonds is 6. The zero-order valence-electron chi connectivity index (χ0n) is 16.3. The molecule has 1 amide bonds. The number of carbonyl (C=O) groups excluding carboxylic acids is 2. The number of nitrogens with zero attached hydrogens (tertiary/aromatic N) is 2. The summed E-state index contributed by atoms with van der Waals surface area (Å²) in [5, 5.41) is 0. The summed E-state index contributed by atoms with van der Waals surface area (Å²) in [6.45, 7) is 2.93. The fourth-order valence-electron chi connectivity index (χ4n) is 2.95. The number of methoxy groups -OCH3 is 2. The van der Waals surface area contributed by atoms with Crippen molar-refractivity contribution in [1.29, 1.82) is 0 Å². The van der Waals surface area contributed by atoms with Crippen LogP contribution in [-0.4, -0.2) is 50.5 Å². The Morgan fingerprint density at radius 2 is 1.90 bits per heavy atom. The number of aromatic nitrogens is 1. The average molecular weight is 420 g/mol. The SMILES string of the molecule is COc1cc(C(C)C)c2c(c1)S(=O)(=O)N(COC(=O)c1ccnc(OC)c1)C2=O. The monoisotopic (exact) mass is 420 g/mol. The van der Waals surface area contributed by atoms with Crippen LogP contribution in [0.4, 0.5) is 0 Å². The Kier molecular flexibility index (Phi) is 5.47. The van der Waals surface area contributed by atoms with Gasteiger partial charge in [-0.3, -0.25) is 4.79 Å². The Morgan fingerprint density at radius 1 is 1.17 bits per heavy atom. The predicted octanol–water partition coefficient (Wildman–Crippen LogP) is 2.18. The number of hydrogen-bond donors (Lipinski definition) is 0. The average Bonchev–Trinajstić information content (AvgIpc) is 2.90. The zero-order valence-corrected chi connectivity index (χ0v) is 17.1. The molecule has 0 aliphatic carbocycles. The molecule has 0 bridgehead atoms. The van der Waals surface area contributed by atoms with Crippen molar-refractivity contribution in [3.05, 3.63) is 47.2 Å². The third-order valence-corrected chi connectivity index (χ3v) is 6.19. The second-order valence-corrected chi connectivity index (χ2v) is 8.38. The molecule has 1 aromatic carbocycles. The molecule has 1 aromatic heterocycles. The van der Waals surface area contributed by atoms with Crippen LogP contribution in [0.3, 0.4) is 0 Å². The number of hydrogen-bond acceptors (Lipinski definition) is 8. The summed E-state index contributed by atoms with van der Waals surface area (Å²) in [6, 6.07) is 5.67. The molecule has 0 N–H and O–H groups in total. The van der Waals surface area contributed by atoms with E-state index in [2.05, 4.69) is 4.98 Å². The molecule has 2 aromatic rings. The Hall–Kier alpha value is -3.14. The molecular formula is C19H20N2O7S. The minimum atomic E-state index is -4.19. The first-order valence-corrected chi connectivity index (χ1v) is 10.1. The largest absolute Gasteiger partial charge is 0.497 e. The molecule has 10 heteroatoms. The molecule has 154 valence electrons. The molecule has 1 aliphatic heterocycles. The van der Waals surface area contributed by atoms with Crippen LogP contribution in [0.2, 0.25) is 0 Å². The third kappa shape index (κ3) is 3.63. The molecule has 9 nitrogen and oxygen atoms in total. The Morgan fingerprint density at radius 3 is 2.52 bits per heavy atom. The van der Waals surface area contributed by atoms with Gasteiger partial charge in [-0.25, -0.2) is 18.2 Å². The fourth-order valence-corrected chi connectivity index (χ4v) is 4.41. The molecule has 0 saturated heterocycles. The summed E-state index contributed by atoms with van der Waals surface area (Å²) in [5.41, 5.74) is 0.728. The molecule has 2 heterocycles. The fraction of sp³-hybridized carbons (Fsp3) is 0.316. The Bertz CT molecular complexity index is 1080. The standard InChI is InChI=1S/C19H20N2O7S/c1-11(2)14-8-13(26-3)9-15-17(14)18(22)21(29(15,24)25)10-28-19(23)12-5-6-20-16(7-12)27-4/h5-9,11H,10H2,1-4H3. The number of benzene rings is 1. The summed E-state index contributed by atoms with van der Waals surface area (Å²) >= 11 is 0. The van der Waals surface area contributed by atoms with Gasteiger partial charge in [0.15, 0.2) is 6.73 Å². The third-order valence-electron chi connectivity index (χ3n) is 4.46. The van der Waals surface area contributed by atoms with E-state index in [0.29, 0.717) is 15.6 Å². The Labute approximate surface area is 168 Å². The van der Waals surface area contributed by atoms with Crippen molar-refractivity contribution >= 4 is 21.9 Å². The van der Waals surface area contributed by atoms with Gasteiger partial charge in [-0.1, -0.05) is 13.8 Å². The molecular weight excluding hydrogens is 400 g/mol. The van der Waals surface area contributed by atoms with Crippen molar-refractivity contribution in [3.63, 3.8) is 0 Å². The van der Waals surface area contributed by atoms with Gasteiger partial charge in [0.2, 0.25) is 5.88 Å². The smallest absolute Gasteiger partial charge is 0.340 e. The number of ether oxygens (including phenoxy) is 3. The highest BCUT2D eigenvalue weighted by atomic mass is 32.2. The predicted molar refractivity (Wildman–Crippen MR) is 102 cm³/mol. The molecule has 0 atom stereocenters. The van der Waals surface area contributed by atoms with E-state index in [0.717, 1.165) is 0 Å². The lowest BCUT2D eigenvalue weighted by atomic mass is 9.96. The quantitative estimate of drug-likeness (QED) is 0.654. The number of esters is 1. The van der Waals surface area contributed by atoms with Gasteiger partial charge in [0.05, 0.1) is 25.3 Å². The van der Waals surface area contributed by atoms with Gasteiger partial charge < -0.3 is 14.2 Å². The van der Waals surface area contributed by atoms with Crippen LogP contribution in [0.5, 0.6) is 11.6 Å². The normalized spacial score (nSPS) is 14.7. The summed E-state index contributed by atoms with van der Waals surface area (Å²) in [5.74, 6) is -1.15. The Balaban J connectivity index is 1.90. The second-order valence-electron chi connectivity index (χ2n) is 6.55. The van der Waals surface area contributed by atoms with Crippen LogP contribution in [0.1, 0.15) is 46.0 Å². The maximum atomic E-state index is 12.9. The molecule has 29 heavy (non-hydrogen) atoms. The van der Waals surface area contributed by atoms with Crippen LogP contribution >= 0.6 is 0 Å². The van der Waals surface area contributed by atoms with Gasteiger partial charge in [-0.15, -0.1) is 0 Å². The second kappa shape index (κ2) is 7.70. The van der Waals surface area contributed by atoms with Gasteiger partial charge in [-0.05, 0) is 23.6 Å². The van der Waals surface area contributed by atoms with Gasteiger partial charge in [0.1, 0.15) is 10.6 Å². The maximum absolute atomic E-state index is 12.9. The number of carbonyl (C=O) groups is 2. The number of pyridine rings is 1. The van der Waals surface area contributed by atoms with Gasteiger partial charge in [0.25, 0.3) is 15.9 Å². The van der Waals surface area contributed by atoms with Crippen molar-refractivity contribution in [1.82, 2.24) is 9.29 Å². The molecule has 0 saturated carbocycles. The summed E-state index contributed by atoms with van der Waals surface area (Å²) in [4.78, 5) is 28.9. The summed E-state index contributed by atoms with van der Waals surface area (Å²) < 4.78 is 41.6. The number of sulfonamides is 1. The lowest BCUT2D eigenvalue weighted by Gasteiger charge is -2.15. The first-order valence-electron chi connectivity index (χ1n) is 8.66. The van der Waals surface area contributed by atoms with E-state index in [1.165, 1.54) is 38.6 Å².